The van der Waals surface area contributed by atoms with E-state index in [2.05, 4.69) is 27.5 Å². The minimum atomic E-state index is -3.30. The van der Waals surface area contributed by atoms with Crippen molar-refractivity contribution >= 4 is 28.3 Å². The van der Waals surface area contributed by atoms with Crippen LogP contribution in [0.1, 0.15) is 33.0 Å². The molecule has 1 aromatic carbocycles. The molecule has 3 rings (SSSR count). The number of halogens is 1. The highest BCUT2D eigenvalue weighted by atomic mass is 35.5. The lowest BCUT2D eigenvalue weighted by Gasteiger charge is -2.06. The van der Waals surface area contributed by atoms with Crippen LogP contribution in [-0.4, -0.2) is 20.6 Å². The van der Waals surface area contributed by atoms with E-state index >= 15 is 0 Å². The van der Waals surface area contributed by atoms with Crippen molar-refractivity contribution in [3.8, 4) is 0 Å². The summed E-state index contributed by atoms with van der Waals surface area (Å²) in [6.07, 6.45) is 1.07. The smallest absolute Gasteiger partial charge is 0.287 e. The molecule has 9 heteroatoms. The molecule has 1 amide bonds. The SMILES string of the molecule is CS(=O)(=O)NCc1ccc(C(=O)NCc2ccc3c(c2)CNC3)o1.Cl. The zero-order chi connectivity index (χ0) is 17.2. The number of carbonyl (C=O) groups is 1. The molecular weight excluding hydrogens is 366 g/mol. The Morgan fingerprint density at radius 3 is 2.68 bits per heavy atom. The molecule has 1 aromatic heterocycles. The summed E-state index contributed by atoms with van der Waals surface area (Å²) in [5.41, 5.74) is 3.57. The number of hydrogen-bond donors (Lipinski definition) is 3. The fourth-order valence-corrected chi connectivity index (χ4v) is 2.93. The fraction of sp³-hybridized carbons (Fsp3) is 0.312. The molecule has 2 heterocycles. The maximum absolute atomic E-state index is 12.1. The number of hydrogen-bond acceptors (Lipinski definition) is 5. The first-order chi connectivity index (χ1) is 11.4. The summed E-state index contributed by atoms with van der Waals surface area (Å²) in [6.45, 7) is 2.17. The minimum Gasteiger partial charge on any atom is -0.455 e. The maximum atomic E-state index is 12.1. The van der Waals surface area contributed by atoms with Crippen LogP contribution >= 0.6 is 12.4 Å². The molecule has 0 radical (unpaired) electrons. The molecule has 0 bridgehead atoms. The molecule has 7 nitrogen and oxygen atoms in total. The average molecular weight is 386 g/mol. The summed E-state index contributed by atoms with van der Waals surface area (Å²) >= 11 is 0. The molecule has 25 heavy (non-hydrogen) atoms. The van der Waals surface area contributed by atoms with Gasteiger partial charge in [-0.15, -0.1) is 12.4 Å². The highest BCUT2D eigenvalue weighted by molar-refractivity contribution is 7.88. The third-order valence-electron chi connectivity index (χ3n) is 3.75. The van der Waals surface area contributed by atoms with Gasteiger partial charge in [0, 0.05) is 19.6 Å². The minimum absolute atomic E-state index is 0. The van der Waals surface area contributed by atoms with Crippen molar-refractivity contribution in [3.05, 3.63) is 58.5 Å². The second-order valence-corrected chi connectivity index (χ2v) is 7.58. The van der Waals surface area contributed by atoms with Gasteiger partial charge in [0.15, 0.2) is 5.76 Å². The molecule has 136 valence electrons. The van der Waals surface area contributed by atoms with Crippen molar-refractivity contribution in [2.75, 3.05) is 6.26 Å². The molecule has 0 atom stereocenters. The third kappa shape index (κ3) is 5.30. The van der Waals surface area contributed by atoms with Crippen molar-refractivity contribution < 1.29 is 17.6 Å². The van der Waals surface area contributed by atoms with Crippen LogP contribution < -0.4 is 15.4 Å². The van der Waals surface area contributed by atoms with Crippen molar-refractivity contribution in [2.24, 2.45) is 0 Å². The first-order valence-electron chi connectivity index (χ1n) is 7.54. The molecule has 0 saturated heterocycles. The van der Waals surface area contributed by atoms with Gasteiger partial charge in [-0.3, -0.25) is 4.79 Å². The van der Waals surface area contributed by atoms with E-state index in [4.69, 9.17) is 4.42 Å². The van der Waals surface area contributed by atoms with E-state index in [-0.39, 0.29) is 30.6 Å². The standard InChI is InChI=1S/C16H19N3O4S.ClH/c1-24(21,22)19-10-14-4-5-15(23-14)16(20)18-7-11-2-3-12-8-17-9-13(12)6-11;/h2-6,17,19H,7-10H2,1H3,(H,18,20);1H. The quantitative estimate of drug-likeness (QED) is 0.695. The van der Waals surface area contributed by atoms with E-state index in [0.29, 0.717) is 12.3 Å². The van der Waals surface area contributed by atoms with Crippen molar-refractivity contribution in [1.82, 2.24) is 15.4 Å². The van der Waals surface area contributed by atoms with Gasteiger partial charge in [0.1, 0.15) is 5.76 Å². The number of benzene rings is 1. The van der Waals surface area contributed by atoms with Gasteiger partial charge in [-0.1, -0.05) is 18.2 Å². The summed E-state index contributed by atoms with van der Waals surface area (Å²) in [6, 6.07) is 9.25. The van der Waals surface area contributed by atoms with E-state index in [1.165, 1.54) is 17.2 Å². The number of rotatable bonds is 6. The van der Waals surface area contributed by atoms with Crippen LogP contribution in [0.5, 0.6) is 0 Å². The molecule has 2 aromatic rings. The van der Waals surface area contributed by atoms with E-state index < -0.39 is 10.0 Å². The lowest BCUT2D eigenvalue weighted by molar-refractivity contribution is 0.0921. The molecule has 0 fully saturated rings. The normalized spacial score (nSPS) is 13.2. The number of sulfonamides is 1. The molecule has 0 saturated carbocycles. The second kappa shape index (κ2) is 8.01. The van der Waals surface area contributed by atoms with E-state index in [1.54, 1.807) is 6.07 Å². The van der Waals surface area contributed by atoms with E-state index in [0.717, 1.165) is 24.9 Å². The zero-order valence-corrected chi connectivity index (χ0v) is 15.3. The third-order valence-corrected chi connectivity index (χ3v) is 4.42. The molecule has 1 aliphatic rings. The Balaban J connectivity index is 0.00000225. The van der Waals surface area contributed by atoms with E-state index in [9.17, 15) is 13.2 Å². The summed E-state index contributed by atoms with van der Waals surface area (Å²) < 4.78 is 29.8. The van der Waals surface area contributed by atoms with Crippen molar-refractivity contribution in [1.29, 1.82) is 0 Å². The van der Waals surface area contributed by atoms with Crippen LogP contribution in [0.3, 0.4) is 0 Å². The lowest BCUT2D eigenvalue weighted by atomic mass is 10.1. The first-order valence-corrected chi connectivity index (χ1v) is 9.43. The summed E-state index contributed by atoms with van der Waals surface area (Å²) in [4.78, 5) is 12.1. The molecule has 0 unspecified atom stereocenters. The Kier molecular flexibility index (Phi) is 6.23. The number of amides is 1. The molecule has 0 aliphatic carbocycles. The number of nitrogens with one attached hydrogen (secondary N) is 3. The highest BCUT2D eigenvalue weighted by Gasteiger charge is 2.13. The van der Waals surface area contributed by atoms with Gasteiger partial charge in [-0.05, 0) is 28.8 Å². The molecule has 0 spiro atoms. The van der Waals surface area contributed by atoms with Crippen LogP contribution in [0.15, 0.2) is 34.7 Å². The monoisotopic (exact) mass is 385 g/mol. The summed E-state index contributed by atoms with van der Waals surface area (Å²) in [7, 11) is -3.30. The predicted molar refractivity (Wildman–Crippen MR) is 95.8 cm³/mol. The second-order valence-electron chi connectivity index (χ2n) is 5.75. The number of furan rings is 1. The van der Waals surface area contributed by atoms with Gasteiger partial charge in [0.2, 0.25) is 10.0 Å². The Bertz CT molecular complexity index is 864. The number of carbonyl (C=O) groups excluding carboxylic acids is 1. The van der Waals surface area contributed by atoms with Gasteiger partial charge in [-0.25, -0.2) is 13.1 Å². The first kappa shape index (κ1) is 19.5. The zero-order valence-electron chi connectivity index (χ0n) is 13.7. The number of fused-ring (bicyclic) bond motifs is 1. The van der Waals surface area contributed by atoms with Gasteiger partial charge >= 0.3 is 0 Å². The van der Waals surface area contributed by atoms with Crippen molar-refractivity contribution in [2.45, 2.75) is 26.2 Å². The van der Waals surface area contributed by atoms with E-state index in [1.807, 2.05) is 6.07 Å². The lowest BCUT2D eigenvalue weighted by Crippen LogP contribution is -2.22. The van der Waals surface area contributed by atoms with Gasteiger partial charge in [0.05, 0.1) is 12.8 Å². The van der Waals surface area contributed by atoms with Crippen molar-refractivity contribution in [3.63, 3.8) is 0 Å². The largest absolute Gasteiger partial charge is 0.455 e. The Morgan fingerprint density at radius 2 is 1.92 bits per heavy atom. The van der Waals surface area contributed by atoms with Gasteiger partial charge < -0.3 is 15.1 Å². The Morgan fingerprint density at radius 1 is 1.16 bits per heavy atom. The molecule has 3 N–H and O–H groups in total. The molecule has 1 aliphatic heterocycles. The van der Waals surface area contributed by atoms with Crippen LogP contribution in [0.25, 0.3) is 0 Å². The van der Waals surface area contributed by atoms with Crippen LogP contribution in [0.4, 0.5) is 0 Å². The van der Waals surface area contributed by atoms with Crippen LogP contribution in [0.2, 0.25) is 0 Å². The van der Waals surface area contributed by atoms with Gasteiger partial charge in [-0.2, -0.15) is 0 Å². The highest BCUT2D eigenvalue weighted by Crippen LogP contribution is 2.17. The van der Waals surface area contributed by atoms with Crippen LogP contribution in [-0.2, 0) is 36.2 Å². The fourth-order valence-electron chi connectivity index (χ4n) is 2.52. The van der Waals surface area contributed by atoms with Crippen LogP contribution in [0, 0.1) is 0 Å². The topological polar surface area (TPSA) is 100 Å². The van der Waals surface area contributed by atoms with Gasteiger partial charge in [0.25, 0.3) is 5.91 Å². The summed E-state index contributed by atoms with van der Waals surface area (Å²) in [5.74, 6) is 0.205. The summed E-state index contributed by atoms with van der Waals surface area (Å²) in [5, 5.41) is 6.08. The predicted octanol–water partition coefficient (Wildman–Crippen LogP) is 1.28. The maximum Gasteiger partial charge on any atom is 0.287 e. The Hall–Kier alpha value is -1.87. The average Bonchev–Trinajstić information content (AvgIpc) is 3.18. The molecular formula is C16H20ClN3O4S. The Labute approximate surface area is 152 Å².